The van der Waals surface area contributed by atoms with Gasteiger partial charge in [0.25, 0.3) is 0 Å². The molecule has 25 heavy (non-hydrogen) atoms. The first-order valence-electron chi connectivity index (χ1n) is 6.58. The van der Waals surface area contributed by atoms with E-state index in [0.29, 0.717) is 40.5 Å². The highest BCUT2D eigenvalue weighted by molar-refractivity contribution is 9.11. The molecule has 0 amide bonds. The minimum atomic E-state index is -0.0470. The van der Waals surface area contributed by atoms with Gasteiger partial charge < -0.3 is 14.2 Å². The average molecular weight is 596 g/mol. The summed E-state index contributed by atoms with van der Waals surface area (Å²) in [6, 6.07) is 10.7. The van der Waals surface area contributed by atoms with Gasteiger partial charge in [-0.1, -0.05) is 0 Å². The molecule has 9 heteroatoms. The first kappa shape index (κ1) is 20.2. The molecule has 2 aromatic rings. The minimum absolute atomic E-state index is 0.0470. The zero-order chi connectivity index (χ0) is 18.4. The lowest BCUT2D eigenvalue weighted by Gasteiger charge is -2.13. The van der Waals surface area contributed by atoms with Gasteiger partial charge in [-0.2, -0.15) is 10.5 Å². The molecule has 0 aromatic heterocycles. The van der Waals surface area contributed by atoms with Crippen molar-refractivity contribution in [2.75, 3.05) is 13.6 Å². The van der Waals surface area contributed by atoms with Crippen LogP contribution in [0.15, 0.2) is 42.2 Å². The Morgan fingerprint density at radius 1 is 0.680 bits per heavy atom. The zero-order valence-electron chi connectivity index (χ0n) is 12.4. The van der Waals surface area contributed by atoms with Crippen LogP contribution >= 0.6 is 63.7 Å². The molecule has 0 aliphatic heterocycles. The normalized spacial score (nSPS) is 10.0. The molecule has 2 rings (SSSR count). The van der Waals surface area contributed by atoms with Crippen molar-refractivity contribution in [1.82, 2.24) is 0 Å². The van der Waals surface area contributed by atoms with Crippen LogP contribution in [0.3, 0.4) is 0 Å². The molecule has 0 radical (unpaired) electrons. The maximum absolute atomic E-state index is 8.91. The molecule has 2 aromatic carbocycles. The zero-order valence-corrected chi connectivity index (χ0v) is 18.7. The number of benzene rings is 2. The van der Waals surface area contributed by atoms with Crippen molar-refractivity contribution in [1.29, 1.82) is 10.5 Å². The summed E-state index contributed by atoms with van der Waals surface area (Å²) in [6.45, 7) is -0.0940. The smallest absolute Gasteiger partial charge is 0.192 e. The molecule has 0 N–H and O–H groups in total. The fraction of sp³-hybridized carbons (Fsp3) is 0.125. The van der Waals surface area contributed by atoms with Crippen LogP contribution in [0, 0.1) is 22.7 Å². The summed E-state index contributed by atoms with van der Waals surface area (Å²) in [7, 11) is 0. The number of halogens is 4. The summed E-state index contributed by atoms with van der Waals surface area (Å²) < 4.78 is 18.9. The molecule has 0 aliphatic rings. The van der Waals surface area contributed by atoms with E-state index >= 15 is 0 Å². The van der Waals surface area contributed by atoms with Crippen molar-refractivity contribution in [2.45, 2.75) is 0 Å². The van der Waals surface area contributed by atoms with Gasteiger partial charge in [0.05, 0.1) is 41.2 Å². The van der Waals surface area contributed by atoms with Crippen molar-refractivity contribution in [3.8, 4) is 23.6 Å². The second-order valence-corrected chi connectivity index (χ2v) is 7.91. The molecular weight excluding hydrogens is 588 g/mol. The summed E-state index contributed by atoms with van der Waals surface area (Å²) in [6.07, 6.45) is 0. The van der Waals surface area contributed by atoms with E-state index in [1.54, 1.807) is 24.3 Å². The molecule has 0 saturated carbocycles. The monoisotopic (exact) mass is 592 g/mol. The van der Waals surface area contributed by atoms with Gasteiger partial charge in [-0.15, -0.1) is 0 Å². The highest BCUT2D eigenvalue weighted by Gasteiger charge is 2.11. The standard InChI is InChI=1S/C16H8Br4N2O3/c17-11-1-9(5-21)2-12(18)15(11)24-7-23-8-25-16-13(19)3-10(6-22)4-14(16)20/h1-4H,7-8H2. The Labute approximate surface area is 178 Å². The molecule has 0 atom stereocenters. The largest absolute Gasteiger partial charge is 0.465 e. The summed E-state index contributed by atoms with van der Waals surface area (Å²) in [5.41, 5.74) is 1.01. The van der Waals surface area contributed by atoms with Crippen LogP contribution in [0.2, 0.25) is 0 Å². The molecule has 0 spiro atoms. The number of rotatable bonds is 6. The lowest BCUT2D eigenvalue weighted by Crippen LogP contribution is -2.09. The first-order chi connectivity index (χ1) is 12.0. The third kappa shape index (κ3) is 5.44. The number of ether oxygens (including phenoxy) is 3. The lowest BCUT2D eigenvalue weighted by molar-refractivity contribution is -0.0546. The molecule has 128 valence electrons. The van der Waals surface area contributed by atoms with Crippen molar-refractivity contribution < 1.29 is 14.2 Å². The van der Waals surface area contributed by atoms with Crippen LogP contribution in [0.4, 0.5) is 0 Å². The average Bonchev–Trinajstić information content (AvgIpc) is 2.58. The number of hydrogen-bond donors (Lipinski definition) is 0. The summed E-state index contributed by atoms with van der Waals surface area (Å²) >= 11 is 13.4. The maximum Gasteiger partial charge on any atom is 0.192 e. The van der Waals surface area contributed by atoms with Crippen LogP contribution in [-0.2, 0) is 4.74 Å². The van der Waals surface area contributed by atoms with E-state index < -0.39 is 0 Å². The molecule has 0 saturated heterocycles. The van der Waals surface area contributed by atoms with Crippen LogP contribution in [0.25, 0.3) is 0 Å². The molecule has 0 unspecified atom stereocenters. The van der Waals surface area contributed by atoms with E-state index in [4.69, 9.17) is 24.7 Å². The van der Waals surface area contributed by atoms with Gasteiger partial charge in [0.15, 0.2) is 25.1 Å². The van der Waals surface area contributed by atoms with E-state index in [-0.39, 0.29) is 13.6 Å². The lowest BCUT2D eigenvalue weighted by atomic mass is 10.2. The number of nitriles is 2. The molecule has 0 bridgehead atoms. The van der Waals surface area contributed by atoms with E-state index in [1.165, 1.54) is 0 Å². The topological polar surface area (TPSA) is 75.3 Å². The fourth-order valence-electron chi connectivity index (χ4n) is 1.76. The fourth-order valence-corrected chi connectivity index (χ4v) is 4.59. The third-order valence-corrected chi connectivity index (χ3v) is 5.18. The minimum Gasteiger partial charge on any atom is -0.465 e. The SMILES string of the molecule is N#Cc1cc(Br)c(OCOCOc2c(Br)cc(C#N)cc2Br)c(Br)c1. The highest BCUT2D eigenvalue weighted by atomic mass is 79.9. The Balaban J connectivity index is 1.89. The predicted molar refractivity (Wildman–Crippen MR) is 105 cm³/mol. The highest BCUT2D eigenvalue weighted by Crippen LogP contribution is 2.35. The Bertz CT molecular complexity index is 757. The van der Waals surface area contributed by atoms with E-state index in [1.807, 2.05) is 0 Å². The molecular formula is C16H8Br4N2O3. The Hall–Kier alpha value is -1.10. The van der Waals surface area contributed by atoms with Crippen molar-refractivity contribution in [3.05, 3.63) is 53.3 Å². The van der Waals surface area contributed by atoms with Gasteiger partial charge in [-0.05, 0) is 88.0 Å². The number of hydrogen-bond acceptors (Lipinski definition) is 5. The van der Waals surface area contributed by atoms with Crippen LogP contribution in [0.5, 0.6) is 11.5 Å². The van der Waals surface area contributed by atoms with Gasteiger partial charge in [-0.25, -0.2) is 0 Å². The van der Waals surface area contributed by atoms with E-state index in [9.17, 15) is 0 Å². The predicted octanol–water partition coefficient (Wildman–Crippen LogP) is 5.87. The Kier molecular flexibility index (Phi) is 7.73. The van der Waals surface area contributed by atoms with Crippen LogP contribution in [0.1, 0.15) is 11.1 Å². The van der Waals surface area contributed by atoms with Gasteiger partial charge in [0.2, 0.25) is 0 Å². The van der Waals surface area contributed by atoms with E-state index in [0.717, 1.165) is 0 Å². The van der Waals surface area contributed by atoms with Crippen molar-refractivity contribution >= 4 is 63.7 Å². The first-order valence-corrected chi connectivity index (χ1v) is 9.75. The summed E-state index contributed by atoms with van der Waals surface area (Å²) in [4.78, 5) is 0. The maximum atomic E-state index is 8.91. The summed E-state index contributed by atoms with van der Waals surface area (Å²) in [5, 5.41) is 17.8. The Morgan fingerprint density at radius 2 is 1.00 bits per heavy atom. The second-order valence-electron chi connectivity index (χ2n) is 4.49. The third-order valence-electron chi connectivity index (χ3n) is 2.83. The number of nitrogens with zero attached hydrogens (tertiary/aromatic N) is 2. The Morgan fingerprint density at radius 3 is 1.28 bits per heavy atom. The van der Waals surface area contributed by atoms with E-state index in [2.05, 4.69) is 75.9 Å². The molecule has 0 heterocycles. The van der Waals surface area contributed by atoms with Crippen LogP contribution < -0.4 is 9.47 Å². The second kappa shape index (κ2) is 9.56. The van der Waals surface area contributed by atoms with Gasteiger partial charge in [0.1, 0.15) is 0 Å². The van der Waals surface area contributed by atoms with Gasteiger partial charge in [0, 0.05) is 0 Å². The van der Waals surface area contributed by atoms with Crippen molar-refractivity contribution in [3.63, 3.8) is 0 Å². The molecule has 0 fully saturated rings. The molecule has 0 aliphatic carbocycles. The quantitative estimate of drug-likeness (QED) is 0.309. The van der Waals surface area contributed by atoms with Crippen LogP contribution in [-0.4, -0.2) is 13.6 Å². The molecule has 5 nitrogen and oxygen atoms in total. The van der Waals surface area contributed by atoms with Gasteiger partial charge in [-0.3, -0.25) is 0 Å². The van der Waals surface area contributed by atoms with Crippen molar-refractivity contribution in [2.24, 2.45) is 0 Å². The van der Waals surface area contributed by atoms with Gasteiger partial charge >= 0.3 is 0 Å². The summed E-state index contributed by atoms with van der Waals surface area (Å²) in [5.74, 6) is 1.06.